The van der Waals surface area contributed by atoms with Gasteiger partial charge in [0.25, 0.3) is 0 Å². The number of benzene rings is 1. The van der Waals surface area contributed by atoms with E-state index in [1.54, 1.807) is 17.8 Å². The standard InChI is InChI=1S/C21H31N7O.HI/c1-5-22-20(24-15-21(3,29)17-13-25-27(4)14-17)23-11-8-12-28-16(2)26-18-9-6-7-10-19(18)28;/h6-7,9-10,13-14,29H,5,8,11-12,15H2,1-4H3,(H2,22,23,24);1H. The number of hydrogen-bond acceptors (Lipinski definition) is 4. The van der Waals surface area contributed by atoms with Crippen molar-refractivity contribution in [3.05, 3.63) is 48.0 Å². The Hall–Kier alpha value is -2.14. The van der Waals surface area contributed by atoms with Crippen molar-refractivity contribution in [2.75, 3.05) is 19.6 Å². The van der Waals surface area contributed by atoms with Crippen LogP contribution in [-0.4, -0.2) is 50.0 Å². The highest BCUT2D eigenvalue weighted by atomic mass is 127. The van der Waals surface area contributed by atoms with E-state index in [0.717, 1.165) is 48.5 Å². The number of nitrogens with one attached hydrogen (secondary N) is 2. The van der Waals surface area contributed by atoms with E-state index in [-0.39, 0.29) is 30.5 Å². The number of fused-ring (bicyclic) bond motifs is 1. The molecule has 1 unspecified atom stereocenters. The molecule has 0 fully saturated rings. The van der Waals surface area contributed by atoms with Crippen LogP contribution in [0.3, 0.4) is 0 Å². The van der Waals surface area contributed by atoms with E-state index in [0.29, 0.717) is 5.96 Å². The molecule has 2 aromatic heterocycles. The van der Waals surface area contributed by atoms with E-state index in [1.165, 1.54) is 0 Å². The van der Waals surface area contributed by atoms with E-state index in [9.17, 15) is 5.11 Å². The van der Waals surface area contributed by atoms with Gasteiger partial charge in [0.1, 0.15) is 11.4 Å². The number of rotatable bonds is 8. The minimum atomic E-state index is -1.07. The van der Waals surface area contributed by atoms with Crippen molar-refractivity contribution in [3.63, 3.8) is 0 Å². The third kappa shape index (κ3) is 5.94. The Balaban J connectivity index is 0.00000320. The first-order valence-corrected chi connectivity index (χ1v) is 10.1. The quantitative estimate of drug-likeness (QED) is 0.182. The summed E-state index contributed by atoms with van der Waals surface area (Å²) in [6.45, 7) is 8.48. The molecule has 0 aliphatic rings. The third-order valence-electron chi connectivity index (χ3n) is 4.91. The van der Waals surface area contributed by atoms with E-state index in [1.807, 2.05) is 45.3 Å². The molecule has 0 saturated heterocycles. The summed E-state index contributed by atoms with van der Waals surface area (Å²) in [4.78, 5) is 9.18. The van der Waals surface area contributed by atoms with Gasteiger partial charge in [0.15, 0.2) is 5.96 Å². The second kappa shape index (κ2) is 10.8. The molecule has 0 aliphatic carbocycles. The van der Waals surface area contributed by atoms with Crippen LogP contribution < -0.4 is 10.6 Å². The van der Waals surface area contributed by atoms with Crippen molar-refractivity contribution in [1.82, 2.24) is 30.0 Å². The highest BCUT2D eigenvalue weighted by Crippen LogP contribution is 2.20. The Morgan fingerprint density at radius 2 is 2.03 bits per heavy atom. The smallest absolute Gasteiger partial charge is 0.191 e. The first-order chi connectivity index (χ1) is 13.9. The second-order valence-corrected chi connectivity index (χ2v) is 7.45. The topological polar surface area (TPSA) is 92.3 Å². The molecule has 0 amide bonds. The summed E-state index contributed by atoms with van der Waals surface area (Å²) < 4.78 is 3.92. The number of aliphatic imine (C=N–C) groups is 1. The molecular formula is C21H32IN7O. The number of nitrogens with zero attached hydrogens (tertiary/aromatic N) is 5. The fourth-order valence-corrected chi connectivity index (χ4v) is 3.29. The molecule has 3 aromatic rings. The predicted molar refractivity (Wildman–Crippen MR) is 131 cm³/mol. The largest absolute Gasteiger partial charge is 0.383 e. The molecule has 30 heavy (non-hydrogen) atoms. The Labute approximate surface area is 194 Å². The highest BCUT2D eigenvalue weighted by Gasteiger charge is 2.24. The number of halogens is 1. The van der Waals surface area contributed by atoms with Crippen molar-refractivity contribution in [1.29, 1.82) is 0 Å². The van der Waals surface area contributed by atoms with Crippen molar-refractivity contribution >= 4 is 41.0 Å². The molecule has 0 aliphatic heterocycles. The van der Waals surface area contributed by atoms with Gasteiger partial charge in [-0.15, -0.1) is 24.0 Å². The zero-order valence-electron chi connectivity index (χ0n) is 18.1. The molecule has 9 heteroatoms. The van der Waals surface area contributed by atoms with Crippen LogP contribution in [0, 0.1) is 6.92 Å². The highest BCUT2D eigenvalue weighted by molar-refractivity contribution is 14.0. The number of hydrogen-bond donors (Lipinski definition) is 3. The molecular weight excluding hydrogens is 493 g/mol. The first-order valence-electron chi connectivity index (χ1n) is 10.1. The Morgan fingerprint density at radius 3 is 2.73 bits per heavy atom. The van der Waals surface area contributed by atoms with Crippen LogP contribution in [-0.2, 0) is 19.2 Å². The molecule has 0 radical (unpaired) electrons. The number of imidazole rings is 1. The maximum atomic E-state index is 10.7. The summed E-state index contributed by atoms with van der Waals surface area (Å²) >= 11 is 0. The number of aromatic nitrogens is 4. The van der Waals surface area contributed by atoms with E-state index in [2.05, 4.69) is 36.3 Å². The molecule has 0 bridgehead atoms. The fraction of sp³-hybridized carbons (Fsp3) is 0.476. The average molecular weight is 525 g/mol. The zero-order chi connectivity index (χ0) is 20.9. The molecule has 0 saturated carbocycles. The first kappa shape index (κ1) is 24.1. The van der Waals surface area contributed by atoms with Crippen LogP contribution in [0.25, 0.3) is 11.0 Å². The lowest BCUT2D eigenvalue weighted by Gasteiger charge is -2.20. The van der Waals surface area contributed by atoms with Crippen LogP contribution in [0.1, 0.15) is 31.7 Å². The fourth-order valence-electron chi connectivity index (χ4n) is 3.29. The maximum absolute atomic E-state index is 10.7. The van der Waals surface area contributed by atoms with Gasteiger partial charge in [0, 0.05) is 38.4 Å². The van der Waals surface area contributed by atoms with Gasteiger partial charge < -0.3 is 20.3 Å². The Morgan fingerprint density at radius 1 is 1.27 bits per heavy atom. The van der Waals surface area contributed by atoms with Crippen LogP contribution >= 0.6 is 24.0 Å². The summed E-state index contributed by atoms with van der Waals surface area (Å²) in [6.07, 6.45) is 4.42. The van der Waals surface area contributed by atoms with Gasteiger partial charge in [-0.2, -0.15) is 5.10 Å². The molecule has 3 N–H and O–H groups in total. The van der Waals surface area contributed by atoms with Crippen LogP contribution in [0.2, 0.25) is 0 Å². The van der Waals surface area contributed by atoms with Crippen molar-refractivity contribution in [2.24, 2.45) is 12.0 Å². The lowest BCUT2D eigenvalue weighted by Crippen LogP contribution is -2.39. The number of aliphatic hydroxyl groups is 1. The van der Waals surface area contributed by atoms with Gasteiger partial charge in [-0.05, 0) is 39.3 Å². The SMILES string of the molecule is CCNC(=NCC(C)(O)c1cnn(C)c1)NCCCn1c(C)nc2ccccc21.I. The lowest BCUT2D eigenvalue weighted by molar-refractivity contribution is 0.0672. The summed E-state index contributed by atoms with van der Waals surface area (Å²) in [6, 6.07) is 8.21. The summed E-state index contributed by atoms with van der Waals surface area (Å²) in [5.74, 6) is 1.73. The van der Waals surface area contributed by atoms with Crippen LogP contribution in [0.4, 0.5) is 0 Å². The number of para-hydroxylation sites is 2. The van der Waals surface area contributed by atoms with Crippen LogP contribution in [0.15, 0.2) is 41.7 Å². The molecule has 3 rings (SSSR count). The van der Waals surface area contributed by atoms with Gasteiger partial charge in [-0.25, -0.2) is 9.98 Å². The summed E-state index contributed by atoms with van der Waals surface area (Å²) in [5.41, 5.74) is 1.88. The van der Waals surface area contributed by atoms with Crippen LogP contribution in [0.5, 0.6) is 0 Å². The normalized spacial score (nSPS) is 13.7. The lowest BCUT2D eigenvalue weighted by atomic mass is 10.0. The van der Waals surface area contributed by atoms with Gasteiger partial charge in [0.2, 0.25) is 0 Å². The summed E-state index contributed by atoms with van der Waals surface area (Å²) in [7, 11) is 1.83. The van der Waals surface area contributed by atoms with Crippen molar-refractivity contribution in [3.8, 4) is 0 Å². The average Bonchev–Trinajstić information content (AvgIpc) is 3.26. The van der Waals surface area contributed by atoms with Crippen molar-refractivity contribution < 1.29 is 5.11 Å². The molecule has 0 spiro atoms. The monoisotopic (exact) mass is 525 g/mol. The predicted octanol–water partition coefficient (Wildman–Crippen LogP) is 2.55. The minimum absolute atomic E-state index is 0. The van der Waals surface area contributed by atoms with Gasteiger partial charge in [-0.3, -0.25) is 4.68 Å². The van der Waals surface area contributed by atoms with E-state index < -0.39 is 5.60 Å². The molecule has 2 heterocycles. The molecule has 8 nitrogen and oxygen atoms in total. The number of guanidine groups is 1. The number of aryl methyl sites for hydroxylation is 3. The van der Waals surface area contributed by atoms with Crippen molar-refractivity contribution in [2.45, 2.75) is 39.3 Å². The molecule has 1 atom stereocenters. The van der Waals surface area contributed by atoms with E-state index in [4.69, 9.17) is 0 Å². The maximum Gasteiger partial charge on any atom is 0.191 e. The Bertz CT molecular complexity index is 977. The van der Waals surface area contributed by atoms with Gasteiger partial charge in [0.05, 0.1) is 23.8 Å². The second-order valence-electron chi connectivity index (χ2n) is 7.45. The molecule has 1 aromatic carbocycles. The van der Waals surface area contributed by atoms with Gasteiger partial charge >= 0.3 is 0 Å². The van der Waals surface area contributed by atoms with Gasteiger partial charge in [-0.1, -0.05) is 12.1 Å². The minimum Gasteiger partial charge on any atom is -0.383 e. The summed E-state index contributed by atoms with van der Waals surface area (Å²) in [5, 5.41) is 21.4. The molecule has 164 valence electrons. The Kier molecular flexibility index (Phi) is 8.65. The third-order valence-corrected chi connectivity index (χ3v) is 4.91. The van der Waals surface area contributed by atoms with E-state index >= 15 is 0 Å². The zero-order valence-corrected chi connectivity index (χ0v) is 20.4.